The molecule has 3 aromatic heterocycles. The molecule has 2 aliphatic carbocycles. The molecule has 1 unspecified atom stereocenters. The Morgan fingerprint density at radius 2 is 1.75 bits per heavy atom. The number of anilines is 1. The number of carbonyl (C=O) groups excluding carboxylic acids is 1. The number of nitrogens with one attached hydrogen (secondary N) is 1. The summed E-state index contributed by atoms with van der Waals surface area (Å²) in [4.78, 5) is 33.0. The first-order valence-corrected chi connectivity index (χ1v) is 18.9. The van der Waals surface area contributed by atoms with Gasteiger partial charge in [0.15, 0.2) is 5.82 Å². The van der Waals surface area contributed by atoms with Crippen molar-refractivity contribution in [3.63, 3.8) is 0 Å². The summed E-state index contributed by atoms with van der Waals surface area (Å²) in [5.74, 6) is -13.3. The van der Waals surface area contributed by atoms with Crippen molar-refractivity contribution in [1.29, 1.82) is 0 Å². The number of carbonyl (C=O) groups is 1. The van der Waals surface area contributed by atoms with Gasteiger partial charge < -0.3 is 5.73 Å². The number of aryl methyl sites for hydroxylation is 1. The van der Waals surface area contributed by atoms with Crippen molar-refractivity contribution in [2.24, 2.45) is 18.7 Å². The van der Waals surface area contributed by atoms with Crippen LogP contribution >= 0.6 is 11.6 Å². The number of halogens is 8. The van der Waals surface area contributed by atoms with Crippen molar-refractivity contribution in [2.45, 2.75) is 43.1 Å². The molecule has 56 heavy (non-hydrogen) atoms. The van der Waals surface area contributed by atoms with Crippen molar-refractivity contribution >= 4 is 55.2 Å². The van der Waals surface area contributed by atoms with E-state index in [4.69, 9.17) is 17.3 Å². The molecule has 0 saturated heterocycles. The fourth-order valence-electron chi connectivity index (χ4n) is 7.87. The zero-order valence-electron chi connectivity index (χ0n) is 28.7. The lowest BCUT2D eigenvalue weighted by atomic mass is 9.89. The van der Waals surface area contributed by atoms with Gasteiger partial charge in [-0.2, -0.15) is 19.0 Å². The van der Waals surface area contributed by atoms with E-state index in [9.17, 15) is 40.0 Å². The molecule has 292 valence electrons. The lowest BCUT2D eigenvalue weighted by Crippen LogP contribution is -2.39. The van der Waals surface area contributed by atoms with Crippen LogP contribution in [0, 0.1) is 23.4 Å². The van der Waals surface area contributed by atoms with Crippen LogP contribution in [0.5, 0.6) is 0 Å². The number of amides is 1. The summed E-state index contributed by atoms with van der Waals surface area (Å²) in [5, 5.41) is 7.74. The quantitative estimate of drug-likeness (QED) is 0.158. The highest BCUT2D eigenvalue weighted by Gasteiger charge is 2.67. The average Bonchev–Trinajstić information content (AvgIpc) is 3.61. The minimum atomic E-state index is -3.96. The summed E-state index contributed by atoms with van der Waals surface area (Å²) in [7, 11) is -2.59. The molecule has 3 N–H and O–H groups in total. The van der Waals surface area contributed by atoms with E-state index in [1.54, 1.807) is 0 Å². The van der Waals surface area contributed by atoms with Crippen molar-refractivity contribution in [3.05, 3.63) is 110 Å². The molecule has 3 aromatic carbocycles. The van der Waals surface area contributed by atoms with Crippen LogP contribution < -0.4 is 16.0 Å². The Hall–Kier alpha value is -5.50. The number of hydrogen-bond donors (Lipinski definition) is 2. The molecule has 21 heteroatoms. The van der Waals surface area contributed by atoms with E-state index in [0.29, 0.717) is 10.7 Å². The van der Waals surface area contributed by atoms with Gasteiger partial charge in [-0.15, -0.1) is 0 Å². The topological polar surface area (TPSA) is 160 Å². The lowest BCUT2D eigenvalue weighted by molar-refractivity contribution is -0.122. The normalized spacial score (nSPS) is 18.3. The number of fused-ring (bicyclic) bond motifs is 5. The van der Waals surface area contributed by atoms with E-state index < -0.39 is 104 Å². The molecule has 0 aliphatic heterocycles. The predicted octanol–water partition coefficient (Wildman–Crippen LogP) is 6.11. The van der Waals surface area contributed by atoms with Crippen LogP contribution in [-0.2, 0) is 34.2 Å². The Bertz CT molecular complexity index is 2820. The molecule has 1 amide bonds. The van der Waals surface area contributed by atoms with Gasteiger partial charge in [-0.1, -0.05) is 11.6 Å². The number of sulfonamides is 1. The Morgan fingerprint density at radius 3 is 2.39 bits per heavy atom. The lowest BCUT2D eigenvalue weighted by Gasteiger charge is -2.30. The molecule has 2 aliphatic rings. The highest BCUT2D eigenvalue weighted by atomic mass is 35.5. The second-order valence-corrected chi connectivity index (χ2v) is 16.0. The summed E-state index contributed by atoms with van der Waals surface area (Å²) < 4.78 is 134. The number of hydrogen-bond acceptors (Lipinski definition) is 7. The van der Waals surface area contributed by atoms with E-state index >= 15 is 8.78 Å². The number of primary amides is 1. The van der Waals surface area contributed by atoms with E-state index in [0.717, 1.165) is 45.8 Å². The molecular weight excluding hydrogens is 797 g/mol. The zero-order valence-corrected chi connectivity index (χ0v) is 30.3. The highest BCUT2D eigenvalue weighted by Crippen LogP contribution is 2.68. The number of nitrogens with zero attached hydrogens (tertiary/aromatic N) is 6. The molecule has 0 radical (unpaired) electrons. The summed E-state index contributed by atoms with van der Waals surface area (Å²) in [6.07, 6.45) is -3.35. The van der Waals surface area contributed by atoms with Crippen LogP contribution in [0.3, 0.4) is 0 Å². The smallest absolute Gasteiger partial charge is 0.293 e. The van der Waals surface area contributed by atoms with Gasteiger partial charge in [0.25, 0.3) is 17.9 Å². The molecule has 8 rings (SSSR count). The molecule has 4 atom stereocenters. The molecular formula is C35H26ClF7N8O4S. The van der Waals surface area contributed by atoms with Crippen LogP contribution in [0.15, 0.2) is 53.3 Å². The first-order valence-electron chi connectivity index (χ1n) is 16.6. The minimum absolute atomic E-state index is 0.0203. The summed E-state index contributed by atoms with van der Waals surface area (Å²) >= 11 is 6.54. The maximum absolute atomic E-state index is 16.0. The fourth-order valence-corrected chi connectivity index (χ4v) is 8.61. The van der Waals surface area contributed by atoms with Crippen molar-refractivity contribution in [2.75, 3.05) is 11.0 Å². The number of benzene rings is 3. The number of aromatic nitrogens is 6. The monoisotopic (exact) mass is 822 g/mol. The van der Waals surface area contributed by atoms with Gasteiger partial charge in [0.2, 0.25) is 15.9 Å². The van der Waals surface area contributed by atoms with E-state index in [1.807, 2.05) is 0 Å². The second-order valence-electron chi connectivity index (χ2n) is 13.8. The number of rotatable bonds is 10. The maximum Gasteiger partial charge on any atom is 0.293 e. The Kier molecular flexibility index (Phi) is 8.53. The first-order chi connectivity index (χ1) is 26.3. The summed E-state index contributed by atoms with van der Waals surface area (Å²) in [5.41, 5.74) is 1.80. The van der Waals surface area contributed by atoms with Crippen molar-refractivity contribution < 1.29 is 43.9 Å². The van der Waals surface area contributed by atoms with Crippen LogP contribution in [0.4, 0.5) is 36.6 Å². The third-order valence-corrected chi connectivity index (χ3v) is 10.9. The molecule has 3 heterocycles. The largest absolute Gasteiger partial charge is 0.368 e. The van der Waals surface area contributed by atoms with Gasteiger partial charge in [0.05, 0.1) is 44.7 Å². The van der Waals surface area contributed by atoms with Gasteiger partial charge in [-0.05, 0) is 60.7 Å². The van der Waals surface area contributed by atoms with E-state index in [2.05, 4.69) is 19.9 Å². The first kappa shape index (κ1) is 37.4. The van der Waals surface area contributed by atoms with Gasteiger partial charge in [0, 0.05) is 30.7 Å². The van der Waals surface area contributed by atoms with Crippen LogP contribution in [-0.4, -0.2) is 49.7 Å². The van der Waals surface area contributed by atoms with Gasteiger partial charge in [-0.25, -0.2) is 40.0 Å². The summed E-state index contributed by atoms with van der Waals surface area (Å²) in [6.45, 7) is 0. The van der Waals surface area contributed by atoms with Crippen LogP contribution in [0.2, 0.25) is 5.02 Å². The predicted molar refractivity (Wildman–Crippen MR) is 188 cm³/mol. The van der Waals surface area contributed by atoms with E-state index in [1.165, 1.54) is 19.2 Å². The van der Waals surface area contributed by atoms with Gasteiger partial charge in [0.1, 0.15) is 40.7 Å². The Morgan fingerprint density at radius 1 is 1.05 bits per heavy atom. The second kappa shape index (κ2) is 12.8. The Labute approximate surface area is 315 Å². The highest BCUT2D eigenvalue weighted by molar-refractivity contribution is 7.92. The molecule has 1 saturated carbocycles. The Balaban J connectivity index is 1.49. The summed E-state index contributed by atoms with van der Waals surface area (Å²) in [6, 6.07) is 5.51. The van der Waals surface area contributed by atoms with Gasteiger partial charge >= 0.3 is 0 Å². The fraction of sp³-hybridized carbons (Fsp3) is 0.286. The van der Waals surface area contributed by atoms with Crippen molar-refractivity contribution in [1.82, 2.24) is 29.1 Å². The van der Waals surface area contributed by atoms with Crippen LogP contribution in [0.1, 0.15) is 59.1 Å². The standard InChI is InChI=1S/C35H26ClF7N8O4S/c1-49-28-23(6-5-21(36)25(28)32(47-49)48-56(2,54)55)50-33(45-22-11-14(37)3-4-17(22)34(50)53)19(9-13-7-15(38)10-16(39)8-13)27(31(44)52)51-29-24(26(46-51)30(40)41)18-12-20(18)35(29,42)43/h3-8,10-11,18-20,27,30H,9,12H2,1-2H3,(H2,44,52)(H,47,48)/t18-,19-,20+,27?/m0/s1. The third-order valence-electron chi connectivity index (χ3n) is 10.1. The molecule has 12 nitrogen and oxygen atoms in total. The van der Waals surface area contributed by atoms with E-state index in [-0.39, 0.29) is 50.3 Å². The maximum atomic E-state index is 16.0. The number of nitrogens with two attached hydrogens (primary N) is 1. The molecule has 0 spiro atoms. The minimum Gasteiger partial charge on any atom is -0.368 e. The van der Waals surface area contributed by atoms with Gasteiger partial charge in [-0.3, -0.25) is 23.6 Å². The van der Waals surface area contributed by atoms with Crippen molar-refractivity contribution in [3.8, 4) is 5.69 Å². The number of alkyl halides is 4. The molecule has 6 aromatic rings. The molecule has 0 bridgehead atoms. The third kappa shape index (κ3) is 5.96. The van der Waals surface area contributed by atoms with Crippen LogP contribution in [0.25, 0.3) is 27.5 Å². The average molecular weight is 823 g/mol. The SMILES string of the molecule is Cn1nc(NS(C)(=O)=O)c2c(Cl)ccc(-n3c([C@@H](Cc4cc(F)cc(F)c4)C(C(N)=O)n4nc(C(F)F)c5c4C(F)(F)[C@@H]4C[C@H]54)nc4cc(F)ccc4c3=O)c21. The molecule has 1 fully saturated rings. The zero-order chi connectivity index (χ0) is 40.3.